The maximum absolute atomic E-state index is 6.76. The zero-order valence-electron chi connectivity index (χ0n) is 36.9. The lowest BCUT2D eigenvalue weighted by Crippen LogP contribution is -2.28. The van der Waals surface area contributed by atoms with Crippen molar-refractivity contribution in [3.05, 3.63) is 271 Å². The molecule has 0 spiro atoms. The Bertz CT molecular complexity index is 3800. The second-order valence-corrected chi connectivity index (χ2v) is 17.4. The molecule has 10 aromatic carbocycles. The third kappa shape index (κ3) is 6.41. The molecule has 0 radical (unpaired) electrons. The second kappa shape index (κ2) is 16.2. The summed E-state index contributed by atoms with van der Waals surface area (Å²) in [5, 5.41) is 2.09. The van der Waals surface area contributed by atoms with Crippen LogP contribution in [0.1, 0.15) is 22.3 Å². The van der Waals surface area contributed by atoms with Gasteiger partial charge >= 0.3 is 0 Å². The molecule has 0 saturated carbocycles. The van der Waals surface area contributed by atoms with Crippen molar-refractivity contribution in [2.75, 3.05) is 0 Å². The zero-order valence-corrected chi connectivity index (χ0v) is 36.9. The van der Waals surface area contributed by atoms with Gasteiger partial charge < -0.3 is 4.42 Å². The van der Waals surface area contributed by atoms with E-state index in [1.165, 1.54) is 33.4 Å². The van der Waals surface area contributed by atoms with Crippen LogP contribution in [0.25, 0.3) is 101 Å². The normalized spacial score (nSPS) is 12.5. The van der Waals surface area contributed by atoms with E-state index in [1.807, 2.05) is 12.1 Å². The van der Waals surface area contributed by atoms with Gasteiger partial charge in [0.25, 0.3) is 0 Å². The van der Waals surface area contributed by atoms with Crippen LogP contribution in [0.2, 0.25) is 0 Å². The number of aromatic nitrogens is 3. The number of benzene rings is 10. The van der Waals surface area contributed by atoms with E-state index in [2.05, 4.69) is 237 Å². The Hall–Kier alpha value is -8.99. The molecule has 1 aliphatic rings. The predicted octanol–water partition coefficient (Wildman–Crippen LogP) is 16.1. The molecule has 13 rings (SSSR count). The number of rotatable bonds is 8. The fourth-order valence-corrected chi connectivity index (χ4v) is 10.6. The van der Waals surface area contributed by atoms with Crippen LogP contribution < -0.4 is 0 Å². The van der Waals surface area contributed by atoms with Gasteiger partial charge in [0, 0.05) is 27.5 Å². The Morgan fingerprint density at radius 3 is 1.46 bits per heavy atom. The van der Waals surface area contributed by atoms with Crippen LogP contribution in [-0.4, -0.2) is 15.0 Å². The minimum absolute atomic E-state index is 0.548. The van der Waals surface area contributed by atoms with Gasteiger partial charge in [-0.05, 0) is 91.0 Å². The highest BCUT2D eigenvalue weighted by Crippen LogP contribution is 2.56. The van der Waals surface area contributed by atoms with Gasteiger partial charge in [0.15, 0.2) is 17.5 Å². The standard InChI is InChI=1S/C64H41N3O/c1-4-18-42(19-5-1)44-34-36-45(37-35-44)61-65-62(47-23-16-22-46(40-47)43-20-6-2-7-21-43)67-63(66-61)54-29-11-10-26-50(54)53-30-17-33-59-60(53)55-41-49(38-39-58(55)68-59)64(48-24-8-3-9-25-48)56-31-14-12-27-51(56)52-28-13-15-32-57(52)64/h1-41H. The van der Waals surface area contributed by atoms with E-state index < -0.39 is 5.41 Å². The summed E-state index contributed by atoms with van der Waals surface area (Å²) >= 11 is 0. The number of hydrogen-bond donors (Lipinski definition) is 0. The molecule has 4 heteroatoms. The van der Waals surface area contributed by atoms with Crippen molar-refractivity contribution in [1.29, 1.82) is 0 Å². The lowest BCUT2D eigenvalue weighted by Gasteiger charge is -2.33. The van der Waals surface area contributed by atoms with Gasteiger partial charge in [0.05, 0.1) is 5.41 Å². The SMILES string of the molecule is c1ccc(-c2ccc(-c3nc(-c4cccc(-c5ccccc5)c4)nc(-c4ccccc4-c4cccc5oc6ccc(C7(c8ccccc8)c8ccccc8-c8ccccc87)cc6c45)n3)cc2)cc1. The van der Waals surface area contributed by atoms with Gasteiger partial charge in [0.2, 0.25) is 0 Å². The van der Waals surface area contributed by atoms with Crippen LogP contribution in [0.5, 0.6) is 0 Å². The van der Waals surface area contributed by atoms with E-state index in [-0.39, 0.29) is 0 Å². The average molecular weight is 868 g/mol. The summed E-state index contributed by atoms with van der Waals surface area (Å²) < 4.78 is 6.76. The molecule has 12 aromatic rings. The lowest BCUT2D eigenvalue weighted by molar-refractivity contribution is 0.668. The maximum atomic E-state index is 6.76. The van der Waals surface area contributed by atoms with E-state index in [0.29, 0.717) is 17.5 Å². The summed E-state index contributed by atoms with van der Waals surface area (Å²) in [6, 6.07) is 88.1. The summed E-state index contributed by atoms with van der Waals surface area (Å²) in [6.07, 6.45) is 0. The average Bonchev–Trinajstić information content (AvgIpc) is 3.95. The third-order valence-electron chi connectivity index (χ3n) is 13.7. The fourth-order valence-electron chi connectivity index (χ4n) is 10.6. The Kier molecular flexibility index (Phi) is 9.36. The highest BCUT2D eigenvalue weighted by Gasteiger charge is 2.46. The number of fused-ring (bicyclic) bond motifs is 6. The first-order chi connectivity index (χ1) is 33.7. The van der Waals surface area contributed by atoms with Gasteiger partial charge in [-0.15, -0.1) is 0 Å². The zero-order chi connectivity index (χ0) is 45.0. The van der Waals surface area contributed by atoms with Crippen molar-refractivity contribution in [3.8, 4) is 78.7 Å². The Morgan fingerprint density at radius 1 is 0.279 bits per heavy atom. The molecule has 1 aliphatic carbocycles. The highest BCUT2D eigenvalue weighted by molar-refractivity contribution is 6.14. The molecule has 0 aliphatic heterocycles. The Labute approximate surface area is 394 Å². The van der Waals surface area contributed by atoms with E-state index in [1.54, 1.807) is 0 Å². The molecule has 0 unspecified atom stereocenters. The van der Waals surface area contributed by atoms with Crippen molar-refractivity contribution in [2.24, 2.45) is 0 Å². The van der Waals surface area contributed by atoms with Gasteiger partial charge in [-0.1, -0.05) is 224 Å². The molecule has 0 atom stereocenters. The summed E-state index contributed by atoms with van der Waals surface area (Å²) in [5.41, 5.74) is 17.8. The lowest BCUT2D eigenvalue weighted by atomic mass is 9.67. The van der Waals surface area contributed by atoms with Gasteiger partial charge in [-0.25, -0.2) is 15.0 Å². The smallest absolute Gasteiger partial charge is 0.164 e. The minimum Gasteiger partial charge on any atom is -0.456 e. The molecular formula is C64H41N3O. The second-order valence-electron chi connectivity index (χ2n) is 17.4. The van der Waals surface area contributed by atoms with Crippen LogP contribution in [0.4, 0.5) is 0 Å². The van der Waals surface area contributed by atoms with Gasteiger partial charge in [0.1, 0.15) is 11.2 Å². The topological polar surface area (TPSA) is 51.8 Å². The molecule has 318 valence electrons. The van der Waals surface area contributed by atoms with Crippen molar-refractivity contribution >= 4 is 21.9 Å². The summed E-state index contributed by atoms with van der Waals surface area (Å²) in [7, 11) is 0. The van der Waals surface area contributed by atoms with Crippen molar-refractivity contribution in [2.45, 2.75) is 5.41 Å². The molecule has 2 heterocycles. The third-order valence-corrected chi connectivity index (χ3v) is 13.7. The predicted molar refractivity (Wildman–Crippen MR) is 277 cm³/mol. The molecule has 0 fully saturated rings. The van der Waals surface area contributed by atoms with Crippen LogP contribution >= 0.6 is 0 Å². The number of nitrogens with zero attached hydrogens (tertiary/aromatic N) is 3. The van der Waals surface area contributed by atoms with Crippen molar-refractivity contribution < 1.29 is 4.42 Å². The van der Waals surface area contributed by atoms with Gasteiger partial charge in [-0.3, -0.25) is 0 Å². The van der Waals surface area contributed by atoms with E-state index in [9.17, 15) is 0 Å². The molecular weight excluding hydrogens is 827 g/mol. The maximum Gasteiger partial charge on any atom is 0.164 e. The van der Waals surface area contributed by atoms with Crippen LogP contribution in [-0.2, 0) is 5.41 Å². The molecule has 68 heavy (non-hydrogen) atoms. The van der Waals surface area contributed by atoms with E-state index in [4.69, 9.17) is 19.4 Å². The minimum atomic E-state index is -0.548. The molecule has 2 aromatic heterocycles. The Balaban J connectivity index is 1.01. The largest absolute Gasteiger partial charge is 0.456 e. The van der Waals surface area contributed by atoms with E-state index in [0.717, 1.165) is 72.0 Å². The fraction of sp³-hybridized carbons (Fsp3) is 0.0156. The van der Waals surface area contributed by atoms with Crippen LogP contribution in [0.3, 0.4) is 0 Å². The van der Waals surface area contributed by atoms with E-state index >= 15 is 0 Å². The summed E-state index contributed by atoms with van der Waals surface area (Å²) in [4.78, 5) is 15.8. The quantitative estimate of drug-likeness (QED) is 0.153. The van der Waals surface area contributed by atoms with Crippen molar-refractivity contribution in [3.63, 3.8) is 0 Å². The van der Waals surface area contributed by atoms with Crippen molar-refractivity contribution in [1.82, 2.24) is 15.0 Å². The summed E-state index contributed by atoms with van der Waals surface area (Å²) in [5.74, 6) is 1.79. The monoisotopic (exact) mass is 867 g/mol. The van der Waals surface area contributed by atoms with Crippen LogP contribution in [0, 0.1) is 0 Å². The highest BCUT2D eigenvalue weighted by atomic mass is 16.3. The molecule has 0 N–H and O–H groups in total. The van der Waals surface area contributed by atoms with Crippen LogP contribution in [0.15, 0.2) is 253 Å². The first-order valence-corrected chi connectivity index (χ1v) is 23.1. The number of furan rings is 1. The molecule has 0 saturated heterocycles. The first kappa shape index (κ1) is 39.4. The number of hydrogen-bond acceptors (Lipinski definition) is 4. The molecule has 0 amide bonds. The van der Waals surface area contributed by atoms with Gasteiger partial charge in [-0.2, -0.15) is 0 Å². The summed E-state index contributed by atoms with van der Waals surface area (Å²) in [6.45, 7) is 0. The molecule has 0 bridgehead atoms. The molecule has 4 nitrogen and oxygen atoms in total. The first-order valence-electron chi connectivity index (χ1n) is 23.1. The Morgan fingerprint density at radius 2 is 0.765 bits per heavy atom.